The van der Waals surface area contributed by atoms with Gasteiger partial charge in [-0.2, -0.15) is 0 Å². The molecule has 3 nitrogen and oxygen atoms in total. The molecule has 1 atom stereocenters. The highest BCUT2D eigenvalue weighted by molar-refractivity contribution is 5.70. The van der Waals surface area contributed by atoms with Crippen molar-refractivity contribution in [3.8, 4) is 0 Å². The standard InChI is InChI=1S/C13H19NO2/c1-13(2,3)11(12(15)16)8-7-10-6-4-5-9-14-10/h4-6,9,11H,7-8H2,1-3H3,(H,15,16). The van der Waals surface area contributed by atoms with Crippen LogP contribution in [0.3, 0.4) is 0 Å². The van der Waals surface area contributed by atoms with Crippen LogP contribution in [0.25, 0.3) is 0 Å². The third kappa shape index (κ3) is 3.65. The molecule has 0 amide bonds. The molecule has 3 heteroatoms. The number of hydrogen-bond acceptors (Lipinski definition) is 2. The smallest absolute Gasteiger partial charge is 0.307 e. The second-order valence-corrected chi connectivity index (χ2v) is 5.12. The molecule has 1 N–H and O–H groups in total. The van der Waals surface area contributed by atoms with E-state index >= 15 is 0 Å². The average Bonchev–Trinajstić information content (AvgIpc) is 2.17. The van der Waals surface area contributed by atoms with Crippen LogP contribution in [0.5, 0.6) is 0 Å². The van der Waals surface area contributed by atoms with Crippen LogP contribution in [-0.2, 0) is 11.2 Å². The van der Waals surface area contributed by atoms with Gasteiger partial charge in [-0.1, -0.05) is 26.8 Å². The molecule has 0 bridgehead atoms. The van der Waals surface area contributed by atoms with Gasteiger partial charge in [-0.25, -0.2) is 0 Å². The van der Waals surface area contributed by atoms with E-state index in [-0.39, 0.29) is 11.3 Å². The Morgan fingerprint density at radius 3 is 2.56 bits per heavy atom. The van der Waals surface area contributed by atoms with Crippen molar-refractivity contribution in [1.82, 2.24) is 4.98 Å². The van der Waals surface area contributed by atoms with Crippen molar-refractivity contribution in [2.75, 3.05) is 0 Å². The summed E-state index contributed by atoms with van der Waals surface area (Å²) in [6, 6.07) is 5.72. The van der Waals surface area contributed by atoms with E-state index in [2.05, 4.69) is 4.98 Å². The maximum absolute atomic E-state index is 11.1. The summed E-state index contributed by atoms with van der Waals surface area (Å²) < 4.78 is 0. The van der Waals surface area contributed by atoms with Crippen molar-refractivity contribution in [2.24, 2.45) is 11.3 Å². The van der Waals surface area contributed by atoms with Gasteiger partial charge in [-0.3, -0.25) is 9.78 Å². The number of aliphatic carboxylic acids is 1. The average molecular weight is 221 g/mol. The molecule has 1 heterocycles. The fourth-order valence-electron chi connectivity index (χ4n) is 1.77. The third-order valence-electron chi connectivity index (χ3n) is 2.76. The van der Waals surface area contributed by atoms with Crippen molar-refractivity contribution in [3.05, 3.63) is 30.1 Å². The quantitative estimate of drug-likeness (QED) is 0.850. The molecule has 1 rings (SSSR count). The zero-order valence-electron chi connectivity index (χ0n) is 10.1. The molecule has 0 radical (unpaired) electrons. The van der Waals surface area contributed by atoms with Crippen LogP contribution in [0.4, 0.5) is 0 Å². The van der Waals surface area contributed by atoms with E-state index in [0.29, 0.717) is 6.42 Å². The van der Waals surface area contributed by atoms with Crippen molar-refractivity contribution in [1.29, 1.82) is 0 Å². The van der Waals surface area contributed by atoms with E-state index in [1.54, 1.807) is 6.20 Å². The first-order chi connectivity index (χ1) is 7.41. The van der Waals surface area contributed by atoms with Gasteiger partial charge in [-0.15, -0.1) is 0 Å². The molecule has 0 fully saturated rings. The van der Waals surface area contributed by atoms with E-state index in [0.717, 1.165) is 12.1 Å². The third-order valence-corrected chi connectivity index (χ3v) is 2.76. The highest BCUT2D eigenvalue weighted by atomic mass is 16.4. The lowest BCUT2D eigenvalue weighted by molar-refractivity contribution is -0.145. The maximum atomic E-state index is 11.1. The Labute approximate surface area is 96.5 Å². The fraction of sp³-hybridized carbons (Fsp3) is 0.538. The van der Waals surface area contributed by atoms with Crippen LogP contribution >= 0.6 is 0 Å². The van der Waals surface area contributed by atoms with Gasteiger partial charge in [0, 0.05) is 11.9 Å². The van der Waals surface area contributed by atoms with E-state index in [1.165, 1.54) is 0 Å². The molecular weight excluding hydrogens is 202 g/mol. The van der Waals surface area contributed by atoms with E-state index in [4.69, 9.17) is 5.11 Å². The van der Waals surface area contributed by atoms with Gasteiger partial charge in [0.25, 0.3) is 0 Å². The number of hydrogen-bond donors (Lipinski definition) is 1. The van der Waals surface area contributed by atoms with Gasteiger partial charge in [-0.05, 0) is 30.4 Å². The largest absolute Gasteiger partial charge is 0.481 e. The molecule has 16 heavy (non-hydrogen) atoms. The summed E-state index contributed by atoms with van der Waals surface area (Å²) in [5.41, 5.74) is 0.749. The predicted octanol–water partition coefficient (Wildman–Crippen LogP) is 2.76. The number of aryl methyl sites for hydroxylation is 1. The van der Waals surface area contributed by atoms with Crippen molar-refractivity contribution < 1.29 is 9.90 Å². The van der Waals surface area contributed by atoms with Crippen molar-refractivity contribution >= 4 is 5.97 Å². The Morgan fingerprint density at radius 1 is 1.44 bits per heavy atom. The molecule has 0 aromatic carbocycles. The molecule has 0 aliphatic heterocycles. The second-order valence-electron chi connectivity index (χ2n) is 5.12. The normalized spacial score (nSPS) is 13.4. The first-order valence-corrected chi connectivity index (χ1v) is 5.54. The highest BCUT2D eigenvalue weighted by Crippen LogP contribution is 2.29. The molecule has 1 aromatic rings. The molecule has 88 valence electrons. The zero-order valence-corrected chi connectivity index (χ0v) is 10.1. The number of carboxylic acids is 1. The monoisotopic (exact) mass is 221 g/mol. The van der Waals surface area contributed by atoms with Gasteiger partial charge < -0.3 is 5.11 Å². The topological polar surface area (TPSA) is 50.2 Å². The van der Waals surface area contributed by atoms with Gasteiger partial charge in [0.05, 0.1) is 5.92 Å². The minimum Gasteiger partial charge on any atom is -0.481 e. The summed E-state index contributed by atoms with van der Waals surface area (Å²) in [6.45, 7) is 5.89. The molecule has 0 saturated heterocycles. The van der Waals surface area contributed by atoms with Crippen molar-refractivity contribution in [2.45, 2.75) is 33.6 Å². The summed E-state index contributed by atoms with van der Waals surface area (Å²) >= 11 is 0. The first-order valence-electron chi connectivity index (χ1n) is 5.54. The first kappa shape index (κ1) is 12.7. The van der Waals surface area contributed by atoms with Crippen LogP contribution < -0.4 is 0 Å². The predicted molar refractivity (Wildman–Crippen MR) is 63.1 cm³/mol. The Kier molecular flexibility index (Phi) is 4.05. The number of carbonyl (C=O) groups is 1. The number of pyridine rings is 1. The van der Waals surface area contributed by atoms with E-state index in [9.17, 15) is 4.79 Å². The summed E-state index contributed by atoms with van der Waals surface area (Å²) in [6.07, 6.45) is 3.09. The molecule has 0 aliphatic carbocycles. The lowest BCUT2D eigenvalue weighted by atomic mass is 9.78. The Bertz CT molecular complexity index is 341. The lowest BCUT2D eigenvalue weighted by Gasteiger charge is -2.26. The van der Waals surface area contributed by atoms with Crippen LogP contribution in [-0.4, -0.2) is 16.1 Å². The summed E-state index contributed by atoms with van der Waals surface area (Å²) in [7, 11) is 0. The van der Waals surface area contributed by atoms with E-state index < -0.39 is 5.97 Å². The van der Waals surface area contributed by atoms with Gasteiger partial charge in [0.15, 0.2) is 0 Å². The van der Waals surface area contributed by atoms with Gasteiger partial charge in [0.1, 0.15) is 0 Å². The van der Waals surface area contributed by atoms with Gasteiger partial charge in [0.2, 0.25) is 0 Å². The van der Waals surface area contributed by atoms with Crippen LogP contribution in [0.1, 0.15) is 32.9 Å². The minimum atomic E-state index is -0.719. The number of nitrogens with zero attached hydrogens (tertiary/aromatic N) is 1. The lowest BCUT2D eigenvalue weighted by Crippen LogP contribution is -2.28. The molecule has 0 spiro atoms. The summed E-state index contributed by atoms with van der Waals surface area (Å²) in [5.74, 6) is -1.04. The van der Waals surface area contributed by atoms with Crippen LogP contribution in [0.15, 0.2) is 24.4 Å². The molecule has 0 aliphatic rings. The van der Waals surface area contributed by atoms with Crippen LogP contribution in [0, 0.1) is 11.3 Å². The Balaban J connectivity index is 2.62. The fourth-order valence-corrected chi connectivity index (χ4v) is 1.77. The number of carboxylic acid groups (broad SMARTS) is 1. The zero-order chi connectivity index (χ0) is 12.2. The Hall–Kier alpha value is -1.38. The molecule has 1 aromatic heterocycles. The van der Waals surface area contributed by atoms with Crippen molar-refractivity contribution in [3.63, 3.8) is 0 Å². The number of aromatic nitrogens is 1. The highest BCUT2D eigenvalue weighted by Gasteiger charge is 2.30. The molecule has 1 unspecified atom stereocenters. The summed E-state index contributed by atoms with van der Waals surface area (Å²) in [5, 5.41) is 9.17. The second kappa shape index (κ2) is 5.10. The molecular formula is C13H19NO2. The minimum absolute atomic E-state index is 0.208. The van der Waals surface area contributed by atoms with Gasteiger partial charge >= 0.3 is 5.97 Å². The summed E-state index contributed by atoms with van der Waals surface area (Å²) in [4.78, 5) is 15.3. The molecule has 0 saturated carbocycles. The SMILES string of the molecule is CC(C)(C)C(CCc1ccccn1)C(=O)O. The van der Waals surface area contributed by atoms with Crippen LogP contribution in [0.2, 0.25) is 0 Å². The maximum Gasteiger partial charge on any atom is 0.307 e. The van der Waals surface area contributed by atoms with E-state index in [1.807, 2.05) is 39.0 Å². The number of rotatable bonds is 4. The Morgan fingerprint density at radius 2 is 2.12 bits per heavy atom.